The molecule has 0 fully saturated rings. The van der Waals surface area contributed by atoms with E-state index in [4.69, 9.17) is 14.2 Å². The van der Waals surface area contributed by atoms with Crippen molar-refractivity contribution in [2.24, 2.45) is 0 Å². The monoisotopic (exact) mass is 1130 g/mol. The fraction of sp³-hybridized carbons (Fsp3) is 0.800. The van der Waals surface area contributed by atoms with Gasteiger partial charge in [0, 0.05) is 19.3 Å². The number of rotatable bonds is 65. The van der Waals surface area contributed by atoms with Gasteiger partial charge in [-0.25, -0.2) is 0 Å². The lowest BCUT2D eigenvalue weighted by molar-refractivity contribution is -0.167. The summed E-state index contributed by atoms with van der Waals surface area (Å²) >= 11 is 0. The number of allylic oxidation sites excluding steroid dienone is 12. The standard InChI is InChI=1S/C75H134O6/c1-4-7-10-13-16-19-22-25-28-30-32-34-36-37-39-40-42-44-47-50-53-56-59-62-65-68-74(77)80-71-72(70-79-73(76)67-64-61-58-55-52-49-46-27-24-21-18-15-12-9-6-3)81-75(78)69-66-63-60-57-54-51-48-45-43-41-38-35-33-31-29-26-23-20-17-14-11-8-5-2/h9,12,18,21,27,30-33,46,52,55,72H,4-8,10-11,13-17,19-20,22-26,28-29,34-45,47-51,53-54,56-71H2,1-3H3/b12-9-,21-18-,32-30-,33-31-,46-27-,55-52-. The van der Waals surface area contributed by atoms with Crippen LogP contribution in [0.2, 0.25) is 0 Å². The minimum atomic E-state index is -0.794. The second-order valence-electron chi connectivity index (χ2n) is 23.8. The van der Waals surface area contributed by atoms with E-state index in [9.17, 15) is 14.4 Å². The van der Waals surface area contributed by atoms with Crippen LogP contribution in [-0.2, 0) is 28.6 Å². The third-order valence-electron chi connectivity index (χ3n) is 15.7. The van der Waals surface area contributed by atoms with E-state index in [1.807, 2.05) is 0 Å². The summed E-state index contributed by atoms with van der Waals surface area (Å²) in [6.45, 7) is 6.54. The van der Waals surface area contributed by atoms with E-state index in [0.29, 0.717) is 19.3 Å². The number of esters is 3. The van der Waals surface area contributed by atoms with Crippen molar-refractivity contribution < 1.29 is 28.6 Å². The van der Waals surface area contributed by atoms with Gasteiger partial charge in [0.05, 0.1) is 0 Å². The molecule has 470 valence electrons. The van der Waals surface area contributed by atoms with Crippen LogP contribution in [0.25, 0.3) is 0 Å². The molecule has 0 aromatic rings. The fourth-order valence-corrected chi connectivity index (χ4v) is 10.4. The molecule has 0 heterocycles. The zero-order chi connectivity index (χ0) is 58.5. The molecule has 0 aliphatic rings. The van der Waals surface area contributed by atoms with Crippen LogP contribution in [0.5, 0.6) is 0 Å². The van der Waals surface area contributed by atoms with Gasteiger partial charge in [-0.2, -0.15) is 0 Å². The number of carbonyl (C=O) groups excluding carboxylic acids is 3. The van der Waals surface area contributed by atoms with Crippen molar-refractivity contribution >= 4 is 17.9 Å². The Morgan fingerprint density at radius 3 is 0.790 bits per heavy atom. The topological polar surface area (TPSA) is 78.9 Å². The summed E-state index contributed by atoms with van der Waals surface area (Å²) < 4.78 is 17.0. The smallest absolute Gasteiger partial charge is 0.306 e. The van der Waals surface area contributed by atoms with Gasteiger partial charge in [0.2, 0.25) is 0 Å². The Hall–Kier alpha value is -3.15. The summed E-state index contributed by atoms with van der Waals surface area (Å²) in [6, 6.07) is 0. The Morgan fingerprint density at radius 1 is 0.259 bits per heavy atom. The second kappa shape index (κ2) is 69.3. The minimum Gasteiger partial charge on any atom is -0.462 e. The summed E-state index contributed by atoms with van der Waals surface area (Å²) in [6.07, 6.45) is 90.8. The lowest BCUT2D eigenvalue weighted by Crippen LogP contribution is -2.30. The average Bonchev–Trinajstić information content (AvgIpc) is 3.47. The molecule has 0 radical (unpaired) electrons. The molecule has 0 spiro atoms. The van der Waals surface area contributed by atoms with E-state index < -0.39 is 6.10 Å². The minimum absolute atomic E-state index is 0.0864. The molecular weight excluding hydrogens is 997 g/mol. The van der Waals surface area contributed by atoms with Gasteiger partial charge in [-0.1, -0.05) is 312 Å². The van der Waals surface area contributed by atoms with Gasteiger partial charge in [-0.05, 0) is 109 Å². The van der Waals surface area contributed by atoms with E-state index in [-0.39, 0.29) is 31.1 Å². The summed E-state index contributed by atoms with van der Waals surface area (Å²) in [5.41, 5.74) is 0. The highest BCUT2D eigenvalue weighted by atomic mass is 16.6. The third-order valence-corrected chi connectivity index (χ3v) is 15.7. The maximum Gasteiger partial charge on any atom is 0.306 e. The first kappa shape index (κ1) is 77.9. The van der Waals surface area contributed by atoms with E-state index in [1.54, 1.807) is 0 Å². The molecule has 0 saturated heterocycles. The van der Waals surface area contributed by atoms with E-state index in [0.717, 1.165) is 83.5 Å². The van der Waals surface area contributed by atoms with E-state index in [2.05, 4.69) is 93.7 Å². The molecular formula is C75H134O6. The maximum absolute atomic E-state index is 13.0. The third kappa shape index (κ3) is 67.5. The number of unbranched alkanes of at least 4 members (excludes halogenated alkanes) is 42. The van der Waals surface area contributed by atoms with Crippen LogP contribution in [0.15, 0.2) is 72.9 Å². The number of hydrogen-bond donors (Lipinski definition) is 0. The first-order valence-corrected chi connectivity index (χ1v) is 35.4. The van der Waals surface area contributed by atoms with Gasteiger partial charge in [0.25, 0.3) is 0 Å². The van der Waals surface area contributed by atoms with Crippen LogP contribution in [0.4, 0.5) is 0 Å². The molecule has 6 nitrogen and oxygen atoms in total. The second-order valence-corrected chi connectivity index (χ2v) is 23.8. The van der Waals surface area contributed by atoms with Gasteiger partial charge >= 0.3 is 17.9 Å². The molecule has 81 heavy (non-hydrogen) atoms. The zero-order valence-corrected chi connectivity index (χ0v) is 54.1. The molecule has 0 bridgehead atoms. The Kier molecular flexibility index (Phi) is 66.6. The molecule has 6 heteroatoms. The first-order chi connectivity index (χ1) is 40.0. The van der Waals surface area contributed by atoms with Crippen molar-refractivity contribution in [2.45, 2.75) is 374 Å². The van der Waals surface area contributed by atoms with Crippen molar-refractivity contribution in [1.82, 2.24) is 0 Å². The largest absolute Gasteiger partial charge is 0.462 e. The highest BCUT2D eigenvalue weighted by Gasteiger charge is 2.19. The van der Waals surface area contributed by atoms with E-state index >= 15 is 0 Å². The number of hydrogen-bond acceptors (Lipinski definition) is 6. The van der Waals surface area contributed by atoms with Crippen LogP contribution >= 0.6 is 0 Å². The van der Waals surface area contributed by atoms with Crippen LogP contribution in [0.1, 0.15) is 367 Å². The van der Waals surface area contributed by atoms with Crippen molar-refractivity contribution in [1.29, 1.82) is 0 Å². The van der Waals surface area contributed by atoms with Crippen molar-refractivity contribution in [3.63, 3.8) is 0 Å². The van der Waals surface area contributed by atoms with Crippen molar-refractivity contribution in [2.75, 3.05) is 13.2 Å². The van der Waals surface area contributed by atoms with Crippen LogP contribution in [0.3, 0.4) is 0 Å². The van der Waals surface area contributed by atoms with Gasteiger partial charge in [-0.15, -0.1) is 0 Å². The zero-order valence-electron chi connectivity index (χ0n) is 54.1. The highest BCUT2D eigenvalue weighted by molar-refractivity contribution is 5.71. The Bertz CT molecular complexity index is 1490. The predicted octanol–water partition coefficient (Wildman–Crippen LogP) is 24.4. The molecule has 0 aliphatic heterocycles. The van der Waals surface area contributed by atoms with Crippen LogP contribution in [-0.4, -0.2) is 37.2 Å². The average molecular weight is 1130 g/mol. The van der Waals surface area contributed by atoms with Crippen LogP contribution in [0, 0.1) is 0 Å². The van der Waals surface area contributed by atoms with Crippen molar-refractivity contribution in [3.8, 4) is 0 Å². The van der Waals surface area contributed by atoms with Gasteiger partial charge in [0.1, 0.15) is 13.2 Å². The van der Waals surface area contributed by atoms with Gasteiger partial charge < -0.3 is 14.2 Å². The Morgan fingerprint density at radius 2 is 0.481 bits per heavy atom. The Labute approximate surface area is 503 Å². The lowest BCUT2D eigenvalue weighted by Gasteiger charge is -2.18. The molecule has 0 saturated carbocycles. The number of carbonyl (C=O) groups is 3. The lowest BCUT2D eigenvalue weighted by atomic mass is 10.0. The molecule has 0 amide bonds. The summed E-state index contributed by atoms with van der Waals surface area (Å²) in [4.78, 5) is 38.4. The quantitative estimate of drug-likeness (QED) is 0.0261. The van der Waals surface area contributed by atoms with E-state index in [1.165, 1.54) is 244 Å². The fourth-order valence-electron chi connectivity index (χ4n) is 10.4. The summed E-state index contributed by atoms with van der Waals surface area (Å²) in [5.74, 6) is -0.911. The molecule has 1 atom stereocenters. The Balaban J connectivity index is 4.32. The maximum atomic E-state index is 13.0. The molecule has 1 unspecified atom stereocenters. The highest BCUT2D eigenvalue weighted by Crippen LogP contribution is 2.18. The molecule has 0 aromatic heterocycles. The van der Waals surface area contributed by atoms with Crippen molar-refractivity contribution in [3.05, 3.63) is 72.9 Å². The summed E-state index contributed by atoms with van der Waals surface area (Å²) in [7, 11) is 0. The van der Waals surface area contributed by atoms with Crippen LogP contribution < -0.4 is 0 Å². The molecule has 0 aliphatic carbocycles. The van der Waals surface area contributed by atoms with Gasteiger partial charge in [-0.3, -0.25) is 14.4 Å². The van der Waals surface area contributed by atoms with Gasteiger partial charge in [0.15, 0.2) is 6.10 Å². The molecule has 0 rings (SSSR count). The molecule has 0 N–H and O–H groups in total. The predicted molar refractivity (Wildman–Crippen MR) is 353 cm³/mol. The first-order valence-electron chi connectivity index (χ1n) is 35.4. The molecule has 0 aromatic carbocycles. The SMILES string of the molecule is CC/C=C\C/C=C\C/C=C\C/C=C\CCCCC(=O)OCC(COC(=O)CCCCCCCCCCCCCCC/C=C\CCCCCCCCCC)OC(=O)CCCCCCCCCCCCC/C=C\CCCCCCCCCC. The summed E-state index contributed by atoms with van der Waals surface area (Å²) in [5, 5.41) is 0. The number of ether oxygens (including phenoxy) is 3. The normalized spacial score (nSPS) is 12.5.